The first kappa shape index (κ1) is 15.2. The lowest BCUT2D eigenvalue weighted by Crippen LogP contribution is -2.31. The molecule has 0 radical (unpaired) electrons. The minimum Gasteiger partial charge on any atom is -0.484 e. The molecule has 0 atom stereocenters. The van der Waals surface area contributed by atoms with Gasteiger partial charge in [0.1, 0.15) is 10.8 Å². The molecule has 1 rings (SSSR count). The molecule has 0 saturated heterocycles. The summed E-state index contributed by atoms with van der Waals surface area (Å²) in [6, 6.07) is 3.90. The Morgan fingerprint density at radius 2 is 2.26 bits per heavy atom. The predicted octanol–water partition coefficient (Wildman–Crippen LogP) is 1.39. The van der Waals surface area contributed by atoms with Crippen molar-refractivity contribution in [3.63, 3.8) is 0 Å². The Morgan fingerprint density at radius 3 is 2.84 bits per heavy atom. The number of nitrogens with one attached hydrogen (secondary N) is 1. The van der Waals surface area contributed by atoms with E-state index in [1.54, 1.807) is 0 Å². The maximum absolute atomic E-state index is 11.3. The number of benzene rings is 1. The van der Waals surface area contributed by atoms with Gasteiger partial charge < -0.3 is 14.8 Å². The second kappa shape index (κ2) is 7.55. The maximum atomic E-state index is 11.3. The van der Waals surface area contributed by atoms with E-state index < -0.39 is 4.92 Å². The van der Waals surface area contributed by atoms with Crippen molar-refractivity contribution < 1.29 is 19.2 Å². The standard InChI is InChI=1S/C11H13ClN2O5/c1-18-5-4-13-11(15)7-19-8-2-3-10(14(16)17)9(12)6-8/h2-3,6H,4-5,7H2,1H3,(H,13,15). The average Bonchev–Trinajstić information content (AvgIpc) is 2.36. The highest BCUT2D eigenvalue weighted by atomic mass is 35.5. The molecule has 0 aromatic heterocycles. The Balaban J connectivity index is 2.48. The first-order valence-corrected chi connectivity index (χ1v) is 5.74. The van der Waals surface area contributed by atoms with E-state index >= 15 is 0 Å². The van der Waals surface area contributed by atoms with Crippen molar-refractivity contribution in [1.29, 1.82) is 0 Å². The molecule has 7 nitrogen and oxygen atoms in total. The van der Waals surface area contributed by atoms with E-state index in [4.69, 9.17) is 21.1 Å². The number of carbonyl (C=O) groups excluding carboxylic acids is 1. The van der Waals surface area contributed by atoms with E-state index in [1.165, 1.54) is 25.3 Å². The van der Waals surface area contributed by atoms with Crippen LogP contribution in [-0.2, 0) is 9.53 Å². The number of methoxy groups -OCH3 is 1. The summed E-state index contributed by atoms with van der Waals surface area (Å²) in [5.41, 5.74) is -0.210. The number of hydrogen-bond acceptors (Lipinski definition) is 5. The monoisotopic (exact) mass is 288 g/mol. The fourth-order valence-corrected chi connectivity index (χ4v) is 1.46. The molecule has 104 valence electrons. The van der Waals surface area contributed by atoms with Gasteiger partial charge in [-0.05, 0) is 6.07 Å². The molecule has 1 amide bonds. The number of amides is 1. The van der Waals surface area contributed by atoms with Crippen LogP contribution in [0.3, 0.4) is 0 Å². The lowest BCUT2D eigenvalue weighted by Gasteiger charge is -2.07. The van der Waals surface area contributed by atoms with Gasteiger partial charge in [-0.1, -0.05) is 11.6 Å². The summed E-state index contributed by atoms with van der Waals surface area (Å²) in [6.45, 7) is 0.604. The molecule has 8 heteroatoms. The average molecular weight is 289 g/mol. The van der Waals surface area contributed by atoms with Crippen LogP contribution >= 0.6 is 11.6 Å². The van der Waals surface area contributed by atoms with Crippen molar-refractivity contribution in [2.24, 2.45) is 0 Å². The summed E-state index contributed by atoms with van der Waals surface area (Å²) in [5.74, 6) is -0.0241. The molecule has 0 aliphatic rings. The fourth-order valence-electron chi connectivity index (χ4n) is 1.22. The van der Waals surface area contributed by atoms with Crippen molar-refractivity contribution in [2.45, 2.75) is 0 Å². The molecule has 1 aromatic rings. The second-order valence-electron chi connectivity index (χ2n) is 3.50. The zero-order valence-electron chi connectivity index (χ0n) is 10.2. The van der Waals surface area contributed by atoms with Crippen LogP contribution in [0.15, 0.2) is 18.2 Å². The summed E-state index contributed by atoms with van der Waals surface area (Å²) in [4.78, 5) is 21.3. The van der Waals surface area contributed by atoms with Crippen molar-refractivity contribution >= 4 is 23.2 Å². The Morgan fingerprint density at radius 1 is 1.53 bits per heavy atom. The van der Waals surface area contributed by atoms with E-state index in [0.717, 1.165) is 0 Å². The van der Waals surface area contributed by atoms with Gasteiger partial charge in [-0.25, -0.2) is 0 Å². The van der Waals surface area contributed by atoms with Gasteiger partial charge >= 0.3 is 0 Å². The fraction of sp³-hybridized carbons (Fsp3) is 0.364. The van der Waals surface area contributed by atoms with Gasteiger partial charge in [0.15, 0.2) is 6.61 Å². The van der Waals surface area contributed by atoms with E-state index in [1.807, 2.05) is 0 Å². The summed E-state index contributed by atoms with van der Waals surface area (Å²) < 4.78 is 9.92. The molecule has 0 saturated carbocycles. The summed E-state index contributed by atoms with van der Waals surface area (Å²) in [7, 11) is 1.53. The van der Waals surface area contributed by atoms with Crippen LogP contribution in [0, 0.1) is 10.1 Å². The van der Waals surface area contributed by atoms with Crippen LogP contribution in [0.25, 0.3) is 0 Å². The van der Waals surface area contributed by atoms with Gasteiger partial charge in [-0.2, -0.15) is 0 Å². The Kier molecular flexibility index (Phi) is 6.04. The number of ether oxygens (including phenoxy) is 2. The number of nitro groups is 1. The molecule has 0 aliphatic carbocycles. The van der Waals surface area contributed by atoms with Crippen LogP contribution in [0.1, 0.15) is 0 Å². The minimum atomic E-state index is -0.594. The quantitative estimate of drug-likeness (QED) is 0.465. The van der Waals surface area contributed by atoms with Crippen molar-refractivity contribution in [2.75, 3.05) is 26.9 Å². The number of hydrogen-bond donors (Lipinski definition) is 1. The summed E-state index contributed by atoms with van der Waals surface area (Å²) >= 11 is 5.70. The third-order valence-electron chi connectivity index (χ3n) is 2.11. The van der Waals surface area contributed by atoms with E-state index in [-0.39, 0.29) is 29.0 Å². The van der Waals surface area contributed by atoms with Gasteiger partial charge in [-0.15, -0.1) is 0 Å². The second-order valence-corrected chi connectivity index (χ2v) is 3.91. The molecular formula is C11H13ClN2O5. The molecule has 19 heavy (non-hydrogen) atoms. The Labute approximate surface area is 114 Å². The first-order valence-electron chi connectivity index (χ1n) is 5.37. The number of nitro benzene ring substituents is 1. The van der Waals surface area contributed by atoms with E-state index in [0.29, 0.717) is 13.2 Å². The van der Waals surface area contributed by atoms with E-state index in [2.05, 4.69) is 5.32 Å². The summed E-state index contributed by atoms with van der Waals surface area (Å²) in [5, 5.41) is 13.1. The van der Waals surface area contributed by atoms with Gasteiger partial charge in [-0.3, -0.25) is 14.9 Å². The highest BCUT2D eigenvalue weighted by Gasteiger charge is 2.13. The third kappa shape index (κ3) is 5.11. The van der Waals surface area contributed by atoms with Crippen LogP contribution in [-0.4, -0.2) is 37.7 Å². The van der Waals surface area contributed by atoms with Crippen LogP contribution in [0.5, 0.6) is 5.75 Å². The van der Waals surface area contributed by atoms with Gasteiger partial charge in [0.25, 0.3) is 11.6 Å². The van der Waals surface area contributed by atoms with Gasteiger partial charge in [0.05, 0.1) is 11.5 Å². The third-order valence-corrected chi connectivity index (χ3v) is 2.42. The van der Waals surface area contributed by atoms with Crippen LogP contribution < -0.4 is 10.1 Å². The molecule has 0 aliphatic heterocycles. The number of carbonyl (C=O) groups is 1. The van der Waals surface area contributed by atoms with Crippen molar-refractivity contribution in [3.8, 4) is 5.75 Å². The molecule has 1 aromatic carbocycles. The van der Waals surface area contributed by atoms with Crippen molar-refractivity contribution in [3.05, 3.63) is 33.3 Å². The summed E-state index contributed by atoms with van der Waals surface area (Å²) in [6.07, 6.45) is 0. The molecule has 1 N–H and O–H groups in total. The van der Waals surface area contributed by atoms with Crippen LogP contribution in [0.4, 0.5) is 5.69 Å². The molecule has 0 unspecified atom stereocenters. The minimum absolute atomic E-state index is 0.0395. The SMILES string of the molecule is COCCNC(=O)COc1ccc([N+](=O)[O-])c(Cl)c1. The Hall–Kier alpha value is -1.86. The normalized spacial score (nSPS) is 10.0. The smallest absolute Gasteiger partial charge is 0.288 e. The molecule has 0 bridgehead atoms. The molecule has 0 heterocycles. The van der Waals surface area contributed by atoms with Crippen LogP contribution in [0.2, 0.25) is 5.02 Å². The lowest BCUT2D eigenvalue weighted by molar-refractivity contribution is -0.384. The largest absolute Gasteiger partial charge is 0.484 e. The predicted molar refractivity (Wildman–Crippen MR) is 68.5 cm³/mol. The zero-order chi connectivity index (χ0) is 14.3. The Bertz CT molecular complexity index is 466. The molecule has 0 fully saturated rings. The number of halogens is 1. The highest BCUT2D eigenvalue weighted by Crippen LogP contribution is 2.28. The van der Waals surface area contributed by atoms with Gasteiger partial charge in [0.2, 0.25) is 0 Å². The topological polar surface area (TPSA) is 90.7 Å². The zero-order valence-corrected chi connectivity index (χ0v) is 11.0. The van der Waals surface area contributed by atoms with E-state index in [9.17, 15) is 14.9 Å². The molecular weight excluding hydrogens is 276 g/mol. The molecule has 0 spiro atoms. The number of nitrogens with zero attached hydrogens (tertiary/aromatic N) is 1. The highest BCUT2D eigenvalue weighted by molar-refractivity contribution is 6.32. The maximum Gasteiger partial charge on any atom is 0.288 e. The lowest BCUT2D eigenvalue weighted by atomic mass is 10.3. The number of rotatable bonds is 7. The van der Waals surface area contributed by atoms with Crippen molar-refractivity contribution in [1.82, 2.24) is 5.32 Å². The first-order chi connectivity index (χ1) is 9.04. The van der Waals surface area contributed by atoms with Gasteiger partial charge in [0, 0.05) is 25.8 Å².